The zero-order chi connectivity index (χ0) is 13.1. The van der Waals surface area contributed by atoms with Gasteiger partial charge in [0.25, 0.3) is 0 Å². The lowest BCUT2D eigenvalue weighted by atomic mass is 10.2. The fraction of sp³-hybridized carbons (Fsp3) is 0.143. The van der Waals surface area contributed by atoms with Gasteiger partial charge in [-0.25, -0.2) is 4.39 Å². The van der Waals surface area contributed by atoms with E-state index in [0.717, 1.165) is 11.1 Å². The molecule has 94 valence electrons. The zero-order valence-electron chi connectivity index (χ0n) is 9.91. The number of hydrogen-bond acceptors (Lipinski definition) is 2. The van der Waals surface area contributed by atoms with Crippen molar-refractivity contribution in [2.24, 2.45) is 5.73 Å². The fourth-order valence-corrected chi connectivity index (χ4v) is 1.86. The normalized spacial score (nSPS) is 10.4. The van der Waals surface area contributed by atoms with Gasteiger partial charge in [-0.3, -0.25) is 0 Å². The van der Waals surface area contributed by atoms with Crippen LogP contribution in [0.1, 0.15) is 11.1 Å². The zero-order valence-corrected chi connectivity index (χ0v) is 10.7. The second kappa shape index (κ2) is 5.38. The van der Waals surface area contributed by atoms with Crippen molar-refractivity contribution in [1.82, 2.24) is 0 Å². The van der Waals surface area contributed by atoms with Gasteiger partial charge >= 0.3 is 0 Å². The molecule has 0 heterocycles. The Bertz CT molecular complexity index is 572. The molecule has 2 nitrogen and oxygen atoms in total. The molecule has 2 rings (SSSR count). The second-order valence-corrected chi connectivity index (χ2v) is 4.38. The minimum absolute atomic E-state index is 0.151. The van der Waals surface area contributed by atoms with Crippen LogP contribution in [0, 0.1) is 12.7 Å². The van der Waals surface area contributed by atoms with Crippen LogP contribution in [0.2, 0.25) is 5.02 Å². The summed E-state index contributed by atoms with van der Waals surface area (Å²) in [6.45, 7) is 2.14. The molecule has 0 aliphatic carbocycles. The van der Waals surface area contributed by atoms with E-state index in [1.165, 1.54) is 6.07 Å². The van der Waals surface area contributed by atoms with E-state index in [4.69, 9.17) is 22.1 Å². The van der Waals surface area contributed by atoms with E-state index in [2.05, 4.69) is 0 Å². The molecule has 0 unspecified atom stereocenters. The number of aryl methyl sites for hydroxylation is 1. The van der Waals surface area contributed by atoms with Crippen LogP contribution in [0.25, 0.3) is 0 Å². The van der Waals surface area contributed by atoms with Crippen molar-refractivity contribution in [1.29, 1.82) is 0 Å². The quantitative estimate of drug-likeness (QED) is 0.909. The minimum Gasteiger partial charge on any atom is -0.452 e. The van der Waals surface area contributed by atoms with Crippen molar-refractivity contribution in [2.45, 2.75) is 13.5 Å². The number of rotatable bonds is 3. The van der Waals surface area contributed by atoms with Gasteiger partial charge in [-0.2, -0.15) is 0 Å². The van der Waals surface area contributed by atoms with Crippen molar-refractivity contribution in [3.05, 3.63) is 58.4 Å². The van der Waals surface area contributed by atoms with Crippen molar-refractivity contribution in [3.63, 3.8) is 0 Å². The van der Waals surface area contributed by atoms with E-state index < -0.39 is 5.82 Å². The van der Waals surface area contributed by atoms with Crippen LogP contribution in [0.3, 0.4) is 0 Å². The van der Waals surface area contributed by atoms with Crippen LogP contribution >= 0.6 is 11.6 Å². The first-order valence-corrected chi connectivity index (χ1v) is 5.91. The van der Waals surface area contributed by atoms with E-state index in [1.807, 2.05) is 6.92 Å². The first-order chi connectivity index (χ1) is 8.61. The summed E-state index contributed by atoms with van der Waals surface area (Å²) in [7, 11) is 0. The molecule has 2 N–H and O–H groups in total. The van der Waals surface area contributed by atoms with E-state index >= 15 is 0 Å². The van der Waals surface area contributed by atoms with E-state index in [9.17, 15) is 4.39 Å². The molecule has 0 saturated heterocycles. The smallest absolute Gasteiger partial charge is 0.165 e. The van der Waals surface area contributed by atoms with Crippen LogP contribution < -0.4 is 10.5 Å². The van der Waals surface area contributed by atoms with Gasteiger partial charge in [0.1, 0.15) is 0 Å². The van der Waals surface area contributed by atoms with Crippen LogP contribution in [0.4, 0.5) is 4.39 Å². The van der Waals surface area contributed by atoms with E-state index in [1.54, 1.807) is 30.3 Å². The van der Waals surface area contributed by atoms with Crippen LogP contribution in [-0.2, 0) is 6.54 Å². The topological polar surface area (TPSA) is 35.2 Å². The molecule has 0 aliphatic heterocycles. The molecule has 18 heavy (non-hydrogen) atoms. The van der Waals surface area contributed by atoms with Gasteiger partial charge in [0.2, 0.25) is 0 Å². The molecule has 0 aliphatic rings. The Morgan fingerprint density at radius 1 is 1.28 bits per heavy atom. The third-order valence-electron chi connectivity index (χ3n) is 2.57. The SMILES string of the molecule is Cc1ccc(F)c(Oc2c(Cl)cccc2CN)c1. The summed E-state index contributed by atoms with van der Waals surface area (Å²) in [6.07, 6.45) is 0. The van der Waals surface area contributed by atoms with Gasteiger partial charge in [0, 0.05) is 12.1 Å². The first kappa shape index (κ1) is 12.9. The summed E-state index contributed by atoms with van der Waals surface area (Å²) in [6, 6.07) is 9.93. The Kier molecular flexibility index (Phi) is 3.84. The van der Waals surface area contributed by atoms with Crippen molar-refractivity contribution < 1.29 is 9.13 Å². The molecule has 0 amide bonds. The second-order valence-electron chi connectivity index (χ2n) is 3.97. The van der Waals surface area contributed by atoms with Gasteiger partial charge in [-0.1, -0.05) is 29.8 Å². The molecule has 2 aromatic carbocycles. The van der Waals surface area contributed by atoms with Gasteiger partial charge in [-0.15, -0.1) is 0 Å². The molecule has 0 saturated carbocycles. The van der Waals surface area contributed by atoms with Crippen molar-refractivity contribution >= 4 is 11.6 Å². The molecule has 0 radical (unpaired) electrons. The summed E-state index contributed by atoms with van der Waals surface area (Å²) in [5.41, 5.74) is 7.26. The summed E-state index contributed by atoms with van der Waals surface area (Å²) in [4.78, 5) is 0. The average Bonchev–Trinajstić information content (AvgIpc) is 2.36. The Hall–Kier alpha value is -1.58. The van der Waals surface area contributed by atoms with Gasteiger partial charge in [0.05, 0.1) is 5.02 Å². The highest BCUT2D eigenvalue weighted by Gasteiger charge is 2.11. The Morgan fingerprint density at radius 2 is 2.06 bits per heavy atom. The minimum atomic E-state index is -0.427. The Labute approximate surface area is 110 Å². The molecule has 0 atom stereocenters. The maximum absolute atomic E-state index is 13.6. The predicted octanol–water partition coefficient (Wildman–Crippen LogP) is 4.04. The maximum Gasteiger partial charge on any atom is 0.165 e. The highest BCUT2D eigenvalue weighted by molar-refractivity contribution is 6.32. The number of para-hydroxylation sites is 1. The highest BCUT2D eigenvalue weighted by Crippen LogP contribution is 2.34. The van der Waals surface area contributed by atoms with E-state index in [0.29, 0.717) is 10.8 Å². The third kappa shape index (κ3) is 2.63. The average molecular weight is 266 g/mol. The largest absolute Gasteiger partial charge is 0.452 e. The lowest BCUT2D eigenvalue weighted by Gasteiger charge is -2.12. The predicted molar refractivity (Wildman–Crippen MR) is 70.6 cm³/mol. The van der Waals surface area contributed by atoms with Crippen LogP contribution in [0.15, 0.2) is 36.4 Å². The molecule has 0 bridgehead atoms. The van der Waals surface area contributed by atoms with Crippen molar-refractivity contribution in [2.75, 3.05) is 0 Å². The van der Waals surface area contributed by atoms with Gasteiger partial charge in [0.15, 0.2) is 17.3 Å². The first-order valence-electron chi connectivity index (χ1n) is 5.53. The summed E-state index contributed by atoms with van der Waals surface area (Å²) < 4.78 is 19.2. The third-order valence-corrected chi connectivity index (χ3v) is 2.86. The number of hydrogen-bond donors (Lipinski definition) is 1. The molecular formula is C14H13ClFNO. The molecule has 0 spiro atoms. The lowest BCUT2D eigenvalue weighted by Crippen LogP contribution is -2.00. The monoisotopic (exact) mass is 265 g/mol. The summed E-state index contributed by atoms with van der Waals surface area (Å²) in [5.74, 6) is 0.132. The maximum atomic E-state index is 13.6. The van der Waals surface area contributed by atoms with Crippen molar-refractivity contribution in [3.8, 4) is 11.5 Å². The van der Waals surface area contributed by atoms with Crippen LogP contribution in [-0.4, -0.2) is 0 Å². The highest BCUT2D eigenvalue weighted by atomic mass is 35.5. The molecular weight excluding hydrogens is 253 g/mol. The molecule has 0 fully saturated rings. The fourth-order valence-electron chi connectivity index (χ4n) is 1.63. The molecule has 0 aromatic heterocycles. The summed E-state index contributed by atoms with van der Waals surface area (Å²) >= 11 is 6.05. The van der Waals surface area contributed by atoms with E-state index in [-0.39, 0.29) is 12.3 Å². The van der Waals surface area contributed by atoms with Crippen LogP contribution in [0.5, 0.6) is 11.5 Å². The number of benzene rings is 2. The lowest BCUT2D eigenvalue weighted by molar-refractivity contribution is 0.437. The Balaban J connectivity index is 2.42. The van der Waals surface area contributed by atoms with Gasteiger partial charge < -0.3 is 10.5 Å². The number of ether oxygens (including phenoxy) is 1. The summed E-state index contributed by atoms with van der Waals surface area (Å²) in [5, 5.41) is 0.416. The molecule has 4 heteroatoms. The standard InChI is InChI=1S/C14H13ClFNO/c1-9-5-6-12(16)13(7-9)18-14-10(8-17)3-2-4-11(14)15/h2-7H,8,17H2,1H3. The van der Waals surface area contributed by atoms with Gasteiger partial charge in [-0.05, 0) is 30.7 Å². The number of halogens is 2. The molecule has 2 aromatic rings. The Morgan fingerprint density at radius 3 is 2.78 bits per heavy atom. The number of nitrogens with two attached hydrogens (primary N) is 1.